The lowest BCUT2D eigenvalue weighted by Crippen LogP contribution is -2.37. The lowest BCUT2D eigenvalue weighted by atomic mass is 10.2. The summed E-state index contributed by atoms with van der Waals surface area (Å²) in [5.41, 5.74) is 0.677. The molecule has 0 radical (unpaired) electrons. The summed E-state index contributed by atoms with van der Waals surface area (Å²) in [6.07, 6.45) is 5.42. The number of hydrogen-bond acceptors (Lipinski definition) is 4. The molecule has 1 aromatic carbocycles. The number of carbonyl (C=O) groups is 1. The van der Waals surface area contributed by atoms with Crippen molar-refractivity contribution in [3.8, 4) is 0 Å². The van der Waals surface area contributed by atoms with Gasteiger partial charge in [-0.25, -0.2) is 4.98 Å². The molecule has 1 saturated heterocycles. The van der Waals surface area contributed by atoms with Gasteiger partial charge in [-0.15, -0.1) is 0 Å². The zero-order valence-electron chi connectivity index (χ0n) is 15.6. The number of aromatic nitrogens is 2. The standard InChI is InChI=1S/C20H27N3O2S/c1-3-12-23-19(25)16-10-6-7-11-17(16)21-20(23)26-15(2)18(24)22-13-8-4-5-9-14-22/h6-7,10-11,15H,3-5,8-9,12-14H2,1-2H3. The number of carbonyl (C=O) groups excluding carboxylic acids is 1. The summed E-state index contributed by atoms with van der Waals surface area (Å²) in [5, 5.41) is 1.03. The van der Waals surface area contributed by atoms with Crippen molar-refractivity contribution in [1.82, 2.24) is 14.5 Å². The molecule has 3 rings (SSSR count). The summed E-state index contributed by atoms with van der Waals surface area (Å²) in [6, 6.07) is 7.43. The zero-order valence-corrected chi connectivity index (χ0v) is 16.4. The zero-order chi connectivity index (χ0) is 18.5. The van der Waals surface area contributed by atoms with Crippen LogP contribution < -0.4 is 5.56 Å². The number of nitrogens with zero attached hydrogens (tertiary/aromatic N) is 3. The first kappa shape index (κ1) is 19.0. The Kier molecular flexibility index (Phi) is 6.35. The molecule has 1 fully saturated rings. The van der Waals surface area contributed by atoms with Crippen molar-refractivity contribution in [2.45, 2.75) is 62.9 Å². The Morgan fingerprint density at radius 3 is 2.58 bits per heavy atom. The van der Waals surface area contributed by atoms with E-state index < -0.39 is 0 Å². The highest BCUT2D eigenvalue weighted by Crippen LogP contribution is 2.25. The molecule has 26 heavy (non-hydrogen) atoms. The number of para-hydroxylation sites is 1. The molecule has 1 aliphatic heterocycles. The van der Waals surface area contributed by atoms with Crippen molar-refractivity contribution < 1.29 is 4.79 Å². The van der Waals surface area contributed by atoms with Crippen LogP contribution in [-0.4, -0.2) is 38.7 Å². The lowest BCUT2D eigenvalue weighted by Gasteiger charge is -2.24. The van der Waals surface area contributed by atoms with E-state index in [4.69, 9.17) is 4.98 Å². The number of thioether (sulfide) groups is 1. The number of benzene rings is 1. The molecule has 0 bridgehead atoms. The van der Waals surface area contributed by atoms with E-state index in [0.29, 0.717) is 22.6 Å². The molecule has 6 heteroatoms. The first-order valence-electron chi connectivity index (χ1n) is 9.57. The van der Waals surface area contributed by atoms with E-state index in [9.17, 15) is 9.59 Å². The normalized spacial score (nSPS) is 16.5. The van der Waals surface area contributed by atoms with Gasteiger partial charge in [0.15, 0.2) is 5.16 Å². The smallest absolute Gasteiger partial charge is 0.262 e. The van der Waals surface area contributed by atoms with E-state index in [0.717, 1.165) is 32.4 Å². The molecule has 140 valence electrons. The Bertz CT molecular complexity index is 825. The molecular weight excluding hydrogens is 346 g/mol. The number of rotatable bonds is 5. The van der Waals surface area contributed by atoms with Gasteiger partial charge in [0, 0.05) is 19.6 Å². The summed E-state index contributed by atoms with van der Waals surface area (Å²) in [4.78, 5) is 32.4. The lowest BCUT2D eigenvalue weighted by molar-refractivity contribution is -0.130. The third-order valence-corrected chi connectivity index (χ3v) is 5.90. The highest BCUT2D eigenvalue weighted by molar-refractivity contribution is 8.00. The predicted molar refractivity (Wildman–Crippen MR) is 107 cm³/mol. The summed E-state index contributed by atoms with van der Waals surface area (Å²) in [7, 11) is 0. The van der Waals surface area contributed by atoms with Gasteiger partial charge in [0.2, 0.25) is 5.91 Å². The highest BCUT2D eigenvalue weighted by Gasteiger charge is 2.24. The summed E-state index contributed by atoms with van der Waals surface area (Å²) >= 11 is 1.41. The molecule has 0 spiro atoms. The van der Waals surface area contributed by atoms with Gasteiger partial charge in [0.1, 0.15) is 0 Å². The number of hydrogen-bond donors (Lipinski definition) is 0. The van der Waals surface area contributed by atoms with Gasteiger partial charge in [-0.1, -0.05) is 43.7 Å². The molecule has 0 aliphatic carbocycles. The Balaban J connectivity index is 1.87. The van der Waals surface area contributed by atoms with E-state index in [-0.39, 0.29) is 16.7 Å². The van der Waals surface area contributed by atoms with E-state index in [1.54, 1.807) is 4.57 Å². The van der Waals surface area contributed by atoms with Gasteiger partial charge < -0.3 is 4.90 Å². The van der Waals surface area contributed by atoms with Crippen molar-refractivity contribution in [2.24, 2.45) is 0 Å². The molecule has 1 aliphatic rings. The van der Waals surface area contributed by atoms with Gasteiger partial charge in [-0.3, -0.25) is 14.2 Å². The van der Waals surface area contributed by atoms with Gasteiger partial charge in [0.05, 0.1) is 16.2 Å². The van der Waals surface area contributed by atoms with Crippen LogP contribution in [0, 0.1) is 0 Å². The summed E-state index contributed by atoms with van der Waals surface area (Å²) in [6.45, 7) is 6.27. The molecule has 1 aromatic heterocycles. The van der Waals surface area contributed by atoms with E-state index in [1.165, 1.54) is 24.6 Å². The SMILES string of the molecule is CCCn1c(SC(C)C(=O)N2CCCCCC2)nc2ccccc2c1=O. The van der Waals surface area contributed by atoms with Crippen molar-refractivity contribution in [2.75, 3.05) is 13.1 Å². The van der Waals surface area contributed by atoms with Crippen LogP contribution in [0.3, 0.4) is 0 Å². The Morgan fingerprint density at radius 1 is 1.19 bits per heavy atom. The first-order chi connectivity index (χ1) is 12.6. The minimum absolute atomic E-state index is 0.0191. The Hall–Kier alpha value is -1.82. The fourth-order valence-corrected chi connectivity index (χ4v) is 4.43. The van der Waals surface area contributed by atoms with Crippen molar-refractivity contribution in [1.29, 1.82) is 0 Å². The number of likely N-dealkylation sites (tertiary alicyclic amines) is 1. The summed E-state index contributed by atoms with van der Waals surface area (Å²) in [5.74, 6) is 0.155. The topological polar surface area (TPSA) is 55.2 Å². The maximum absolute atomic E-state index is 12.9. The van der Waals surface area contributed by atoms with Crippen molar-refractivity contribution >= 4 is 28.6 Å². The molecular formula is C20H27N3O2S. The summed E-state index contributed by atoms with van der Waals surface area (Å²) < 4.78 is 1.72. The minimum Gasteiger partial charge on any atom is -0.342 e. The number of fused-ring (bicyclic) bond motifs is 1. The van der Waals surface area contributed by atoms with Gasteiger partial charge in [0.25, 0.3) is 5.56 Å². The largest absolute Gasteiger partial charge is 0.342 e. The van der Waals surface area contributed by atoms with Gasteiger partial charge in [-0.05, 0) is 38.3 Å². The van der Waals surface area contributed by atoms with Crippen LogP contribution >= 0.6 is 11.8 Å². The van der Waals surface area contributed by atoms with Crippen LogP contribution in [0.4, 0.5) is 0 Å². The molecule has 0 saturated carbocycles. The first-order valence-corrected chi connectivity index (χ1v) is 10.4. The van der Waals surface area contributed by atoms with E-state index in [1.807, 2.05) is 43.0 Å². The molecule has 1 atom stereocenters. The van der Waals surface area contributed by atoms with Crippen LogP contribution in [-0.2, 0) is 11.3 Å². The second kappa shape index (κ2) is 8.71. The minimum atomic E-state index is -0.246. The fraction of sp³-hybridized carbons (Fsp3) is 0.550. The van der Waals surface area contributed by atoms with E-state index >= 15 is 0 Å². The molecule has 2 heterocycles. The predicted octanol–water partition coefficient (Wildman–Crippen LogP) is 3.69. The second-order valence-corrected chi connectivity index (χ2v) is 8.18. The van der Waals surface area contributed by atoms with Crippen LogP contribution in [0.15, 0.2) is 34.2 Å². The highest BCUT2D eigenvalue weighted by atomic mass is 32.2. The van der Waals surface area contributed by atoms with Crippen LogP contribution in [0.2, 0.25) is 0 Å². The van der Waals surface area contributed by atoms with Gasteiger partial charge >= 0.3 is 0 Å². The maximum Gasteiger partial charge on any atom is 0.262 e. The van der Waals surface area contributed by atoms with Crippen LogP contribution in [0.5, 0.6) is 0 Å². The van der Waals surface area contributed by atoms with Gasteiger partial charge in [-0.2, -0.15) is 0 Å². The number of amides is 1. The molecule has 1 amide bonds. The maximum atomic E-state index is 12.9. The van der Waals surface area contributed by atoms with Crippen molar-refractivity contribution in [3.05, 3.63) is 34.6 Å². The average Bonchev–Trinajstić information content (AvgIpc) is 2.93. The van der Waals surface area contributed by atoms with Crippen LogP contribution in [0.1, 0.15) is 46.0 Å². The van der Waals surface area contributed by atoms with Crippen LogP contribution in [0.25, 0.3) is 10.9 Å². The molecule has 5 nitrogen and oxygen atoms in total. The van der Waals surface area contributed by atoms with Crippen molar-refractivity contribution in [3.63, 3.8) is 0 Å². The third-order valence-electron chi connectivity index (χ3n) is 4.82. The fourth-order valence-electron chi connectivity index (χ4n) is 3.42. The quantitative estimate of drug-likeness (QED) is 0.592. The Morgan fingerprint density at radius 2 is 1.88 bits per heavy atom. The third kappa shape index (κ3) is 4.11. The Labute approximate surface area is 158 Å². The average molecular weight is 374 g/mol. The van der Waals surface area contributed by atoms with E-state index in [2.05, 4.69) is 0 Å². The molecule has 2 aromatic rings. The monoisotopic (exact) mass is 373 g/mol. The molecule has 0 N–H and O–H groups in total. The second-order valence-electron chi connectivity index (χ2n) is 6.87. The molecule has 1 unspecified atom stereocenters.